The van der Waals surface area contributed by atoms with Crippen molar-refractivity contribution in [3.05, 3.63) is 48.3 Å². The van der Waals surface area contributed by atoms with E-state index in [2.05, 4.69) is 40.7 Å². The van der Waals surface area contributed by atoms with Crippen LogP contribution in [0.3, 0.4) is 0 Å². The third-order valence-electron chi connectivity index (χ3n) is 2.83. The van der Waals surface area contributed by atoms with Crippen LogP contribution in [0, 0.1) is 0 Å². The maximum atomic E-state index is 4.42. The van der Waals surface area contributed by atoms with Gasteiger partial charge in [-0.3, -0.25) is 4.68 Å². The first-order chi connectivity index (χ1) is 8.78. The summed E-state index contributed by atoms with van der Waals surface area (Å²) >= 11 is 1.88. The van der Waals surface area contributed by atoms with E-state index >= 15 is 0 Å². The fourth-order valence-electron chi connectivity index (χ4n) is 1.78. The van der Waals surface area contributed by atoms with Gasteiger partial charge in [-0.25, -0.2) is 0 Å². The third kappa shape index (κ3) is 3.89. The molecule has 1 heterocycles. The lowest BCUT2D eigenvalue weighted by atomic mass is 10.2. The molecule has 1 N–H and O–H groups in total. The summed E-state index contributed by atoms with van der Waals surface area (Å²) in [6.45, 7) is 0. The summed E-state index contributed by atoms with van der Waals surface area (Å²) in [7, 11) is 3.97. The number of thioether (sulfide) groups is 1. The molecule has 0 bridgehead atoms. The van der Waals surface area contributed by atoms with E-state index in [9.17, 15) is 0 Å². The molecule has 1 unspecified atom stereocenters. The molecular weight excluding hydrogens is 242 g/mol. The second-order valence-corrected chi connectivity index (χ2v) is 5.39. The number of aromatic nitrogens is 2. The van der Waals surface area contributed by atoms with E-state index in [1.165, 1.54) is 4.90 Å². The first kappa shape index (κ1) is 13.2. The minimum absolute atomic E-state index is 0.449. The topological polar surface area (TPSA) is 29.9 Å². The maximum Gasteiger partial charge on any atom is 0.0640 e. The average Bonchev–Trinajstić information content (AvgIpc) is 2.81. The van der Waals surface area contributed by atoms with Crippen LogP contribution < -0.4 is 5.32 Å². The van der Waals surface area contributed by atoms with E-state index in [0.29, 0.717) is 6.04 Å². The zero-order chi connectivity index (χ0) is 12.8. The molecule has 2 aromatic rings. The quantitative estimate of drug-likeness (QED) is 0.810. The zero-order valence-electron chi connectivity index (χ0n) is 10.8. The summed E-state index contributed by atoms with van der Waals surface area (Å²) < 4.78 is 1.85. The largest absolute Gasteiger partial charge is 0.316 e. The molecule has 0 spiro atoms. The van der Waals surface area contributed by atoms with Crippen LogP contribution in [0.1, 0.15) is 5.69 Å². The number of rotatable bonds is 6. The molecule has 0 aliphatic rings. The molecule has 0 fully saturated rings. The lowest BCUT2D eigenvalue weighted by molar-refractivity contribution is 0.600. The summed E-state index contributed by atoms with van der Waals surface area (Å²) in [6, 6.07) is 13.0. The first-order valence-corrected chi connectivity index (χ1v) is 7.10. The van der Waals surface area contributed by atoms with Crippen LogP contribution in [-0.2, 0) is 13.5 Å². The van der Waals surface area contributed by atoms with Gasteiger partial charge in [0.25, 0.3) is 0 Å². The predicted octanol–water partition coefficient (Wildman–Crippen LogP) is 2.34. The molecule has 0 aliphatic heterocycles. The van der Waals surface area contributed by atoms with Crippen molar-refractivity contribution in [2.45, 2.75) is 17.4 Å². The number of aryl methyl sites for hydroxylation is 1. The monoisotopic (exact) mass is 261 g/mol. The molecule has 0 aliphatic carbocycles. The summed E-state index contributed by atoms with van der Waals surface area (Å²) in [5.74, 6) is 1.05. The van der Waals surface area contributed by atoms with Crippen LogP contribution in [0.15, 0.2) is 47.5 Å². The van der Waals surface area contributed by atoms with Gasteiger partial charge >= 0.3 is 0 Å². The van der Waals surface area contributed by atoms with Crippen molar-refractivity contribution in [3.63, 3.8) is 0 Å². The fourth-order valence-corrected chi connectivity index (χ4v) is 2.81. The Hall–Kier alpha value is -1.26. The van der Waals surface area contributed by atoms with Gasteiger partial charge in [0.1, 0.15) is 0 Å². The van der Waals surface area contributed by atoms with Crippen LogP contribution in [0.25, 0.3) is 0 Å². The lowest BCUT2D eigenvalue weighted by Crippen LogP contribution is -2.30. The Labute approximate surface area is 113 Å². The fraction of sp³-hybridized carbons (Fsp3) is 0.357. The third-order valence-corrected chi connectivity index (χ3v) is 4.00. The minimum Gasteiger partial charge on any atom is -0.316 e. The van der Waals surface area contributed by atoms with Gasteiger partial charge in [-0.05, 0) is 25.2 Å². The van der Waals surface area contributed by atoms with Gasteiger partial charge < -0.3 is 5.32 Å². The Morgan fingerprint density at radius 3 is 2.67 bits per heavy atom. The number of nitrogens with zero attached hydrogens (tertiary/aromatic N) is 2. The van der Waals surface area contributed by atoms with Crippen molar-refractivity contribution in [1.29, 1.82) is 0 Å². The highest BCUT2D eigenvalue weighted by Crippen LogP contribution is 2.18. The van der Waals surface area contributed by atoms with Crippen molar-refractivity contribution in [2.24, 2.45) is 7.05 Å². The summed E-state index contributed by atoms with van der Waals surface area (Å²) in [5, 5.41) is 7.78. The van der Waals surface area contributed by atoms with Crippen molar-refractivity contribution in [1.82, 2.24) is 15.1 Å². The molecular formula is C14H19N3S. The number of benzene rings is 1. The first-order valence-electron chi connectivity index (χ1n) is 6.11. The summed E-state index contributed by atoms with van der Waals surface area (Å²) in [5.41, 5.74) is 1.14. The predicted molar refractivity (Wildman–Crippen MR) is 76.9 cm³/mol. The lowest BCUT2D eigenvalue weighted by Gasteiger charge is -2.14. The van der Waals surface area contributed by atoms with E-state index in [-0.39, 0.29) is 0 Å². The van der Waals surface area contributed by atoms with Crippen LogP contribution in [0.4, 0.5) is 0 Å². The normalized spacial score (nSPS) is 12.6. The van der Waals surface area contributed by atoms with E-state index < -0.39 is 0 Å². The Morgan fingerprint density at radius 1 is 1.28 bits per heavy atom. The highest BCUT2D eigenvalue weighted by molar-refractivity contribution is 7.99. The molecule has 1 aromatic heterocycles. The molecule has 18 heavy (non-hydrogen) atoms. The van der Waals surface area contributed by atoms with Gasteiger partial charge in [0.05, 0.1) is 5.69 Å². The van der Waals surface area contributed by atoms with Crippen molar-refractivity contribution in [3.8, 4) is 0 Å². The SMILES string of the molecule is CNC(CSc1ccccc1)Cc1ccn(C)n1. The standard InChI is InChI=1S/C14H19N3S/c1-15-13(10-12-8-9-17(2)16-12)11-18-14-6-4-3-5-7-14/h3-9,13,15H,10-11H2,1-2H3. The van der Waals surface area contributed by atoms with Gasteiger partial charge in [-0.15, -0.1) is 11.8 Å². The molecule has 2 rings (SSSR count). The average molecular weight is 261 g/mol. The second-order valence-electron chi connectivity index (χ2n) is 4.29. The van der Waals surface area contributed by atoms with Gasteiger partial charge in [0.15, 0.2) is 0 Å². The number of likely N-dealkylation sites (N-methyl/N-ethyl adjacent to an activating group) is 1. The minimum atomic E-state index is 0.449. The molecule has 0 amide bonds. The van der Waals surface area contributed by atoms with Gasteiger partial charge in [-0.2, -0.15) is 5.10 Å². The van der Waals surface area contributed by atoms with Crippen LogP contribution in [-0.4, -0.2) is 28.6 Å². The van der Waals surface area contributed by atoms with Crippen molar-refractivity contribution >= 4 is 11.8 Å². The molecule has 0 radical (unpaired) electrons. The molecule has 0 saturated heterocycles. The smallest absolute Gasteiger partial charge is 0.0640 e. The van der Waals surface area contributed by atoms with Crippen LogP contribution >= 0.6 is 11.8 Å². The van der Waals surface area contributed by atoms with Gasteiger partial charge in [-0.1, -0.05) is 18.2 Å². The Kier molecular flexibility index (Phi) is 4.84. The Bertz CT molecular complexity index is 467. The van der Waals surface area contributed by atoms with Crippen LogP contribution in [0.2, 0.25) is 0 Å². The molecule has 1 aromatic carbocycles. The maximum absolute atomic E-state index is 4.42. The molecule has 1 atom stereocenters. The highest BCUT2D eigenvalue weighted by Gasteiger charge is 2.09. The molecule has 4 heteroatoms. The van der Waals surface area contributed by atoms with Gasteiger partial charge in [0, 0.05) is 36.4 Å². The zero-order valence-corrected chi connectivity index (χ0v) is 11.7. The Balaban J connectivity index is 1.86. The van der Waals surface area contributed by atoms with E-state index in [1.807, 2.05) is 42.8 Å². The van der Waals surface area contributed by atoms with Gasteiger partial charge in [0.2, 0.25) is 0 Å². The second kappa shape index (κ2) is 6.61. The number of hydrogen-bond donors (Lipinski definition) is 1. The summed E-state index contributed by atoms with van der Waals surface area (Å²) in [6.07, 6.45) is 2.96. The van der Waals surface area contributed by atoms with Crippen molar-refractivity contribution < 1.29 is 0 Å². The molecule has 0 saturated carbocycles. The van der Waals surface area contributed by atoms with E-state index in [0.717, 1.165) is 17.9 Å². The highest BCUT2D eigenvalue weighted by atomic mass is 32.2. The van der Waals surface area contributed by atoms with Crippen molar-refractivity contribution in [2.75, 3.05) is 12.8 Å². The molecule has 96 valence electrons. The van der Waals surface area contributed by atoms with Crippen LogP contribution in [0.5, 0.6) is 0 Å². The Morgan fingerprint density at radius 2 is 2.06 bits per heavy atom. The number of nitrogens with one attached hydrogen (secondary N) is 1. The molecule has 3 nitrogen and oxygen atoms in total. The van der Waals surface area contributed by atoms with E-state index in [1.54, 1.807) is 0 Å². The number of hydrogen-bond acceptors (Lipinski definition) is 3. The summed E-state index contributed by atoms with van der Waals surface area (Å²) in [4.78, 5) is 1.32. The van der Waals surface area contributed by atoms with E-state index in [4.69, 9.17) is 0 Å².